The van der Waals surface area contributed by atoms with Gasteiger partial charge in [-0.2, -0.15) is 0 Å². The smallest absolute Gasteiger partial charge is 0.0733 e. The summed E-state index contributed by atoms with van der Waals surface area (Å²) < 4.78 is 0. The minimum atomic E-state index is -0.320. The second-order valence-electron chi connectivity index (χ2n) is 2.39. The molecule has 1 unspecified atom stereocenters. The normalized spacial score (nSPS) is 27.7. The lowest BCUT2D eigenvalue weighted by Crippen LogP contribution is -2.34. The minimum absolute atomic E-state index is 0.320. The zero-order valence-electron chi connectivity index (χ0n) is 5.64. The maximum atomic E-state index is 9.08. The molecule has 58 valence electrons. The van der Waals surface area contributed by atoms with Crippen LogP contribution in [0.5, 0.6) is 0 Å². The lowest BCUT2D eigenvalue weighted by molar-refractivity contribution is 0.0575. The molecule has 1 rings (SSSR count). The molecule has 1 fully saturated rings. The summed E-state index contributed by atoms with van der Waals surface area (Å²) in [5, 5.41) is 24.7. The Morgan fingerprint density at radius 2 is 2.30 bits per heavy atom. The molecular weight excluding hydrogens is 134 g/mol. The number of β-amino-alcohol motifs (C(OH)–C–C–N with tert-alkyl or cyclic N) is 1. The van der Waals surface area contributed by atoms with E-state index in [4.69, 9.17) is 10.3 Å². The summed E-state index contributed by atoms with van der Waals surface area (Å²) in [7, 11) is 0. The van der Waals surface area contributed by atoms with Crippen LogP contribution in [0.3, 0.4) is 0 Å². The Kier molecular flexibility index (Phi) is 2.44. The highest BCUT2D eigenvalue weighted by atomic mass is 16.5. The van der Waals surface area contributed by atoms with Crippen LogP contribution < -0.4 is 0 Å². The van der Waals surface area contributed by atoms with E-state index in [1.165, 1.54) is 0 Å². The first-order valence-corrected chi connectivity index (χ1v) is 3.31. The Bertz CT molecular complexity index is 128. The minimum Gasteiger partial charge on any atom is -0.393 e. The van der Waals surface area contributed by atoms with E-state index >= 15 is 0 Å². The molecule has 1 aliphatic rings. The van der Waals surface area contributed by atoms with Gasteiger partial charge in [0.2, 0.25) is 0 Å². The molecule has 1 saturated heterocycles. The van der Waals surface area contributed by atoms with Gasteiger partial charge in [0, 0.05) is 11.8 Å². The van der Waals surface area contributed by atoms with Gasteiger partial charge in [-0.05, 0) is 18.1 Å². The fourth-order valence-corrected chi connectivity index (χ4v) is 1.07. The Labute approximate surface area is 58.9 Å². The van der Waals surface area contributed by atoms with Gasteiger partial charge in [-0.25, -0.2) is 0 Å². The van der Waals surface area contributed by atoms with Crippen LogP contribution in [-0.2, 0) is 0 Å². The van der Waals surface area contributed by atoms with Crippen molar-refractivity contribution in [1.29, 1.82) is 0 Å². The van der Waals surface area contributed by atoms with Gasteiger partial charge in [-0.15, -0.1) is 0 Å². The van der Waals surface area contributed by atoms with Crippen molar-refractivity contribution in [3.63, 3.8) is 0 Å². The predicted octanol–water partition coefficient (Wildman–Crippen LogP) is 0.200. The highest BCUT2D eigenvalue weighted by molar-refractivity contribution is 4.67. The van der Waals surface area contributed by atoms with Crippen molar-refractivity contribution >= 4 is 0 Å². The largest absolute Gasteiger partial charge is 0.393 e. The summed E-state index contributed by atoms with van der Waals surface area (Å²) in [5.41, 5.74) is 0. The van der Waals surface area contributed by atoms with Gasteiger partial charge in [0.25, 0.3) is 0 Å². The molecule has 0 spiro atoms. The number of aliphatic hydroxyl groups excluding tert-OH is 1. The molecule has 5 heteroatoms. The SMILES string of the molecule is O/N=N\N1CCCC(O)C1. The number of aliphatic hydroxyl groups is 1. The molecule has 0 aromatic carbocycles. The lowest BCUT2D eigenvalue weighted by Gasteiger charge is -2.25. The van der Waals surface area contributed by atoms with Crippen molar-refractivity contribution in [2.75, 3.05) is 13.1 Å². The molecule has 1 heterocycles. The fourth-order valence-electron chi connectivity index (χ4n) is 1.07. The summed E-state index contributed by atoms with van der Waals surface area (Å²) in [6.07, 6.45) is 1.40. The molecule has 1 aliphatic heterocycles. The molecule has 0 aliphatic carbocycles. The lowest BCUT2D eigenvalue weighted by atomic mass is 10.1. The van der Waals surface area contributed by atoms with Gasteiger partial charge in [0.05, 0.1) is 12.6 Å². The molecule has 0 bridgehead atoms. The number of hydrogen-bond donors (Lipinski definition) is 2. The first-order chi connectivity index (χ1) is 4.83. The Morgan fingerprint density at radius 3 is 2.90 bits per heavy atom. The van der Waals surface area contributed by atoms with Crippen LogP contribution in [0.15, 0.2) is 10.5 Å². The second-order valence-corrected chi connectivity index (χ2v) is 2.39. The summed E-state index contributed by atoms with van der Waals surface area (Å²) in [6, 6.07) is 0. The Balaban J connectivity index is 2.32. The van der Waals surface area contributed by atoms with Crippen molar-refractivity contribution in [2.45, 2.75) is 18.9 Å². The second kappa shape index (κ2) is 3.36. The van der Waals surface area contributed by atoms with E-state index in [9.17, 15) is 0 Å². The van der Waals surface area contributed by atoms with Crippen LogP contribution in [0.2, 0.25) is 0 Å². The van der Waals surface area contributed by atoms with Crippen LogP contribution in [0.1, 0.15) is 12.8 Å². The predicted molar refractivity (Wildman–Crippen MR) is 33.5 cm³/mol. The molecular formula is C5H11N3O2. The standard InChI is InChI=1S/C5H11N3O2/c9-5-2-1-3-8(4-5)6-7-10/h5,9H,1-4H2,(H,6,10). The van der Waals surface area contributed by atoms with E-state index < -0.39 is 0 Å². The van der Waals surface area contributed by atoms with E-state index in [-0.39, 0.29) is 6.10 Å². The van der Waals surface area contributed by atoms with Crippen LogP contribution in [0.4, 0.5) is 0 Å². The summed E-state index contributed by atoms with van der Waals surface area (Å²) in [6.45, 7) is 1.24. The maximum Gasteiger partial charge on any atom is 0.0733 e. The number of hydrogen-bond acceptors (Lipinski definition) is 3. The highest BCUT2D eigenvalue weighted by Gasteiger charge is 2.15. The van der Waals surface area contributed by atoms with Crippen LogP contribution >= 0.6 is 0 Å². The molecule has 0 amide bonds. The van der Waals surface area contributed by atoms with E-state index in [1.54, 1.807) is 5.01 Å². The van der Waals surface area contributed by atoms with Gasteiger partial charge in [0.15, 0.2) is 0 Å². The van der Waals surface area contributed by atoms with Gasteiger partial charge in [0.1, 0.15) is 0 Å². The van der Waals surface area contributed by atoms with Crippen molar-refractivity contribution in [2.24, 2.45) is 10.5 Å². The van der Waals surface area contributed by atoms with E-state index in [0.717, 1.165) is 19.4 Å². The summed E-state index contributed by atoms with van der Waals surface area (Å²) in [5.74, 6) is 0. The van der Waals surface area contributed by atoms with E-state index in [0.29, 0.717) is 6.54 Å². The van der Waals surface area contributed by atoms with Crippen molar-refractivity contribution in [1.82, 2.24) is 5.01 Å². The first kappa shape index (κ1) is 7.27. The average molecular weight is 145 g/mol. The van der Waals surface area contributed by atoms with Gasteiger partial charge in [-0.3, -0.25) is 5.01 Å². The van der Waals surface area contributed by atoms with Crippen LogP contribution in [0, 0.1) is 0 Å². The Morgan fingerprint density at radius 1 is 1.50 bits per heavy atom. The van der Waals surface area contributed by atoms with Crippen molar-refractivity contribution < 1.29 is 10.3 Å². The molecule has 10 heavy (non-hydrogen) atoms. The molecule has 2 N–H and O–H groups in total. The summed E-state index contributed by atoms with van der Waals surface area (Å²) >= 11 is 0. The third-order valence-corrected chi connectivity index (χ3v) is 1.54. The monoisotopic (exact) mass is 145 g/mol. The Hall–Kier alpha value is -0.840. The van der Waals surface area contributed by atoms with E-state index in [2.05, 4.69) is 10.5 Å². The summed E-state index contributed by atoms with van der Waals surface area (Å²) in [4.78, 5) is 0. The van der Waals surface area contributed by atoms with Gasteiger partial charge >= 0.3 is 0 Å². The fraction of sp³-hybridized carbons (Fsp3) is 1.00. The zero-order valence-corrected chi connectivity index (χ0v) is 5.64. The van der Waals surface area contributed by atoms with Crippen LogP contribution in [-0.4, -0.2) is 34.5 Å². The molecule has 5 nitrogen and oxygen atoms in total. The molecule has 1 atom stereocenters. The highest BCUT2D eigenvalue weighted by Crippen LogP contribution is 2.09. The number of nitrogens with zero attached hydrogens (tertiary/aromatic N) is 3. The average Bonchev–Trinajstić information content (AvgIpc) is 1.88. The third kappa shape index (κ3) is 1.84. The quantitative estimate of drug-likeness (QED) is 0.409. The maximum absolute atomic E-state index is 9.08. The molecule has 0 saturated carbocycles. The van der Waals surface area contributed by atoms with Gasteiger partial charge < -0.3 is 10.3 Å². The van der Waals surface area contributed by atoms with Crippen LogP contribution in [0.25, 0.3) is 0 Å². The molecule has 0 aromatic heterocycles. The van der Waals surface area contributed by atoms with E-state index in [1.807, 2.05) is 0 Å². The van der Waals surface area contributed by atoms with Crippen molar-refractivity contribution in [3.8, 4) is 0 Å². The van der Waals surface area contributed by atoms with Crippen molar-refractivity contribution in [3.05, 3.63) is 0 Å². The first-order valence-electron chi connectivity index (χ1n) is 3.31. The molecule has 0 radical (unpaired) electrons. The number of rotatable bonds is 1. The third-order valence-electron chi connectivity index (χ3n) is 1.54. The zero-order chi connectivity index (χ0) is 7.40. The molecule has 0 aromatic rings. The van der Waals surface area contributed by atoms with Gasteiger partial charge in [-0.1, -0.05) is 0 Å². The number of piperidine rings is 1. The topological polar surface area (TPSA) is 68.4 Å².